The van der Waals surface area contributed by atoms with Crippen LogP contribution in [0.5, 0.6) is 0 Å². The van der Waals surface area contributed by atoms with E-state index in [2.05, 4.69) is 46.6 Å². The highest BCUT2D eigenvalue weighted by atomic mass is 16.1. The second kappa shape index (κ2) is 7.97. The van der Waals surface area contributed by atoms with E-state index in [-0.39, 0.29) is 5.91 Å². The molecule has 0 aliphatic carbocycles. The Balaban J connectivity index is 1.59. The Morgan fingerprint density at radius 3 is 2.33 bits per heavy atom. The quantitative estimate of drug-likeness (QED) is 0.854. The van der Waals surface area contributed by atoms with Crippen LogP contribution in [0.4, 0.5) is 5.69 Å². The summed E-state index contributed by atoms with van der Waals surface area (Å²) in [6, 6.07) is 17.1. The maximum atomic E-state index is 10.9. The first-order chi connectivity index (χ1) is 11.7. The lowest BCUT2D eigenvalue weighted by Gasteiger charge is -2.29. The van der Waals surface area contributed by atoms with Gasteiger partial charge in [-0.3, -0.25) is 4.79 Å². The van der Waals surface area contributed by atoms with Gasteiger partial charge in [0.05, 0.1) is 6.42 Å². The van der Waals surface area contributed by atoms with Crippen molar-refractivity contribution >= 4 is 11.6 Å². The molecule has 24 heavy (non-hydrogen) atoms. The van der Waals surface area contributed by atoms with E-state index in [1.165, 1.54) is 16.8 Å². The Kier molecular flexibility index (Phi) is 5.49. The van der Waals surface area contributed by atoms with Gasteiger partial charge in [-0.05, 0) is 41.7 Å². The van der Waals surface area contributed by atoms with Crippen molar-refractivity contribution in [2.45, 2.75) is 19.3 Å². The average Bonchev–Trinajstić information content (AvgIpc) is 2.62. The minimum Gasteiger partial charge on any atom is -0.369 e. The number of aryl methyl sites for hydroxylation is 2. The van der Waals surface area contributed by atoms with Crippen LogP contribution in [0.15, 0.2) is 48.5 Å². The van der Waals surface area contributed by atoms with Gasteiger partial charge in [-0.1, -0.05) is 36.4 Å². The standard InChI is InChI=1S/C20H25N3O/c21-20(24)15-18-8-5-16(6-9-18)4-7-17-2-1-3-19(14-17)23-12-10-22-11-13-23/h1-3,5-6,8-9,14,22H,4,7,10-13,15H2,(H2,21,24). The van der Waals surface area contributed by atoms with Gasteiger partial charge in [0.1, 0.15) is 0 Å². The Morgan fingerprint density at radius 1 is 0.958 bits per heavy atom. The van der Waals surface area contributed by atoms with Crippen molar-refractivity contribution in [3.05, 3.63) is 65.2 Å². The third-order valence-corrected chi connectivity index (χ3v) is 4.50. The number of carbonyl (C=O) groups is 1. The fraction of sp³-hybridized carbons (Fsp3) is 0.350. The third-order valence-electron chi connectivity index (χ3n) is 4.50. The molecule has 2 aromatic carbocycles. The summed E-state index contributed by atoms with van der Waals surface area (Å²) in [6.45, 7) is 4.26. The van der Waals surface area contributed by atoms with E-state index >= 15 is 0 Å². The lowest BCUT2D eigenvalue weighted by molar-refractivity contribution is -0.117. The minimum absolute atomic E-state index is 0.285. The number of rotatable bonds is 6. The molecule has 3 rings (SSSR count). The van der Waals surface area contributed by atoms with Crippen molar-refractivity contribution in [1.82, 2.24) is 5.32 Å². The monoisotopic (exact) mass is 323 g/mol. The molecule has 0 radical (unpaired) electrons. The molecule has 4 heteroatoms. The summed E-state index contributed by atoms with van der Waals surface area (Å²) in [5.41, 5.74) is 10.2. The van der Waals surface area contributed by atoms with E-state index in [1.807, 2.05) is 12.1 Å². The molecule has 1 aliphatic rings. The molecule has 1 amide bonds. The van der Waals surface area contributed by atoms with Crippen LogP contribution in [0.2, 0.25) is 0 Å². The van der Waals surface area contributed by atoms with E-state index in [4.69, 9.17) is 5.73 Å². The molecule has 0 saturated carbocycles. The van der Waals surface area contributed by atoms with E-state index < -0.39 is 0 Å². The molecule has 0 aromatic heterocycles. The fourth-order valence-electron chi connectivity index (χ4n) is 3.15. The molecule has 2 aromatic rings. The fourth-order valence-corrected chi connectivity index (χ4v) is 3.15. The van der Waals surface area contributed by atoms with Crippen LogP contribution in [0.25, 0.3) is 0 Å². The number of benzene rings is 2. The molecule has 0 unspecified atom stereocenters. The molecule has 0 spiro atoms. The summed E-state index contributed by atoms with van der Waals surface area (Å²) in [7, 11) is 0. The highest BCUT2D eigenvalue weighted by Crippen LogP contribution is 2.18. The number of hydrogen-bond acceptors (Lipinski definition) is 3. The molecule has 0 bridgehead atoms. The van der Waals surface area contributed by atoms with Crippen LogP contribution >= 0.6 is 0 Å². The molecule has 1 heterocycles. The minimum atomic E-state index is -0.285. The number of nitrogens with zero attached hydrogens (tertiary/aromatic N) is 1. The van der Waals surface area contributed by atoms with Gasteiger partial charge in [-0.2, -0.15) is 0 Å². The van der Waals surface area contributed by atoms with Crippen molar-refractivity contribution < 1.29 is 4.79 Å². The van der Waals surface area contributed by atoms with Crippen LogP contribution in [-0.4, -0.2) is 32.1 Å². The van der Waals surface area contributed by atoms with Crippen molar-refractivity contribution in [2.24, 2.45) is 5.73 Å². The number of nitrogens with two attached hydrogens (primary N) is 1. The second-order valence-corrected chi connectivity index (χ2v) is 6.37. The SMILES string of the molecule is NC(=O)Cc1ccc(CCc2cccc(N3CCNCC3)c2)cc1. The van der Waals surface area contributed by atoms with E-state index in [9.17, 15) is 4.79 Å². The van der Waals surface area contributed by atoms with Gasteiger partial charge in [0, 0.05) is 31.9 Å². The van der Waals surface area contributed by atoms with Gasteiger partial charge in [0.15, 0.2) is 0 Å². The molecule has 4 nitrogen and oxygen atoms in total. The van der Waals surface area contributed by atoms with Crippen LogP contribution in [0.3, 0.4) is 0 Å². The largest absolute Gasteiger partial charge is 0.369 e. The van der Waals surface area contributed by atoms with Crippen molar-refractivity contribution in [2.75, 3.05) is 31.1 Å². The molecule has 126 valence electrons. The van der Waals surface area contributed by atoms with Gasteiger partial charge in [-0.25, -0.2) is 0 Å². The van der Waals surface area contributed by atoms with Gasteiger partial charge in [0.25, 0.3) is 0 Å². The van der Waals surface area contributed by atoms with Crippen molar-refractivity contribution in [3.63, 3.8) is 0 Å². The maximum Gasteiger partial charge on any atom is 0.221 e. The predicted molar refractivity (Wildman–Crippen MR) is 98.3 cm³/mol. The Labute approximate surface area is 143 Å². The van der Waals surface area contributed by atoms with Crippen LogP contribution in [0, 0.1) is 0 Å². The van der Waals surface area contributed by atoms with E-state index in [0.717, 1.165) is 44.6 Å². The molecule has 1 saturated heterocycles. The zero-order chi connectivity index (χ0) is 16.8. The van der Waals surface area contributed by atoms with Gasteiger partial charge in [-0.15, -0.1) is 0 Å². The van der Waals surface area contributed by atoms with Crippen LogP contribution in [0.1, 0.15) is 16.7 Å². The Bertz CT molecular complexity index is 676. The molecule has 1 fully saturated rings. The summed E-state index contributed by atoms with van der Waals surface area (Å²) < 4.78 is 0. The molecular formula is C20H25N3O. The van der Waals surface area contributed by atoms with Gasteiger partial charge >= 0.3 is 0 Å². The van der Waals surface area contributed by atoms with Gasteiger partial charge < -0.3 is 16.0 Å². The summed E-state index contributed by atoms with van der Waals surface area (Å²) >= 11 is 0. The number of nitrogens with one attached hydrogen (secondary N) is 1. The average molecular weight is 323 g/mol. The van der Waals surface area contributed by atoms with Crippen LogP contribution < -0.4 is 16.0 Å². The molecule has 3 N–H and O–H groups in total. The molecule has 0 atom stereocenters. The van der Waals surface area contributed by atoms with Crippen LogP contribution in [-0.2, 0) is 24.1 Å². The molecular weight excluding hydrogens is 298 g/mol. The predicted octanol–water partition coefficient (Wildman–Crippen LogP) is 1.91. The van der Waals surface area contributed by atoms with Crippen molar-refractivity contribution in [3.8, 4) is 0 Å². The summed E-state index contributed by atoms with van der Waals surface area (Å²) in [5.74, 6) is -0.285. The third kappa shape index (κ3) is 4.59. The first-order valence-electron chi connectivity index (χ1n) is 8.61. The van der Waals surface area contributed by atoms with E-state index in [0.29, 0.717) is 6.42 Å². The lowest BCUT2D eigenvalue weighted by Crippen LogP contribution is -2.43. The lowest BCUT2D eigenvalue weighted by atomic mass is 10.0. The number of anilines is 1. The highest BCUT2D eigenvalue weighted by molar-refractivity contribution is 5.76. The first-order valence-corrected chi connectivity index (χ1v) is 8.61. The zero-order valence-electron chi connectivity index (χ0n) is 14.0. The highest BCUT2D eigenvalue weighted by Gasteiger charge is 2.10. The summed E-state index contributed by atoms with van der Waals surface area (Å²) in [6.07, 6.45) is 2.34. The van der Waals surface area contributed by atoms with Crippen molar-refractivity contribution in [1.29, 1.82) is 0 Å². The topological polar surface area (TPSA) is 58.4 Å². The molecule has 1 aliphatic heterocycles. The number of carbonyl (C=O) groups excluding carboxylic acids is 1. The normalized spacial score (nSPS) is 14.6. The number of piperazine rings is 1. The van der Waals surface area contributed by atoms with Gasteiger partial charge in [0.2, 0.25) is 5.91 Å². The van der Waals surface area contributed by atoms with E-state index in [1.54, 1.807) is 0 Å². The number of hydrogen-bond donors (Lipinski definition) is 2. The Hall–Kier alpha value is -2.33. The summed E-state index contributed by atoms with van der Waals surface area (Å²) in [5, 5.41) is 3.39. The Morgan fingerprint density at radius 2 is 1.62 bits per heavy atom. The summed E-state index contributed by atoms with van der Waals surface area (Å²) in [4.78, 5) is 13.4. The maximum absolute atomic E-state index is 10.9. The number of primary amides is 1. The smallest absolute Gasteiger partial charge is 0.221 e. The zero-order valence-corrected chi connectivity index (χ0v) is 14.0. The number of amides is 1. The second-order valence-electron chi connectivity index (χ2n) is 6.37. The first kappa shape index (κ1) is 16.5.